The smallest absolute Gasteiger partial charge is 0.156 e. The summed E-state index contributed by atoms with van der Waals surface area (Å²) >= 11 is 1.43. The summed E-state index contributed by atoms with van der Waals surface area (Å²) in [6.07, 6.45) is 0.825. The van der Waals surface area contributed by atoms with Gasteiger partial charge in [0.05, 0.1) is 23.8 Å². The maximum Gasteiger partial charge on any atom is 0.156 e. The molecule has 7 heteroatoms. The third-order valence-corrected chi connectivity index (χ3v) is 6.45. The van der Waals surface area contributed by atoms with E-state index in [1.807, 2.05) is 31.2 Å². The van der Waals surface area contributed by atoms with Crippen LogP contribution in [-0.4, -0.2) is 32.4 Å². The van der Waals surface area contributed by atoms with Gasteiger partial charge >= 0.3 is 0 Å². The lowest BCUT2D eigenvalue weighted by molar-refractivity contribution is 0.188. The average Bonchev–Trinajstić information content (AvgIpc) is 3.18. The Morgan fingerprint density at radius 3 is 2.83 bits per heavy atom. The molecule has 1 unspecified atom stereocenters. The van der Waals surface area contributed by atoms with E-state index in [1.165, 1.54) is 16.9 Å². The number of rotatable bonds is 7. The molecule has 0 amide bonds. The molecule has 0 aliphatic carbocycles. The van der Waals surface area contributed by atoms with Crippen LogP contribution in [0.15, 0.2) is 29.6 Å². The van der Waals surface area contributed by atoms with Gasteiger partial charge in [-0.3, -0.25) is 0 Å². The summed E-state index contributed by atoms with van der Waals surface area (Å²) in [6.45, 7) is 3.59. The van der Waals surface area contributed by atoms with Crippen molar-refractivity contribution >= 4 is 21.2 Å². The lowest BCUT2D eigenvalue weighted by Crippen LogP contribution is -2.18. The van der Waals surface area contributed by atoms with Gasteiger partial charge in [-0.2, -0.15) is 0 Å². The van der Waals surface area contributed by atoms with E-state index in [-0.39, 0.29) is 17.4 Å². The summed E-state index contributed by atoms with van der Waals surface area (Å²) < 4.78 is 35.4. The highest BCUT2D eigenvalue weighted by molar-refractivity contribution is 7.90. The largest absolute Gasteiger partial charge is 0.486 e. The molecule has 0 radical (unpaired) electrons. The standard InChI is InChI=1S/C17H21NO4S2/c1-13-2-4-16(5-3-13)22-9-17-18-15(10-23-17)12-24(19,20)11-14-6-7-21-8-14/h2-5,10,14H,6-9,11-12H2,1H3. The number of hydrogen-bond acceptors (Lipinski definition) is 6. The minimum Gasteiger partial charge on any atom is -0.486 e. The Bertz CT molecular complexity index is 762. The van der Waals surface area contributed by atoms with E-state index in [2.05, 4.69) is 4.98 Å². The molecule has 1 saturated heterocycles. The normalized spacial score (nSPS) is 18.0. The van der Waals surface area contributed by atoms with Gasteiger partial charge in [0.2, 0.25) is 0 Å². The van der Waals surface area contributed by atoms with Crippen LogP contribution in [0.3, 0.4) is 0 Å². The first kappa shape index (κ1) is 17.4. The number of thiazole rings is 1. The molecular weight excluding hydrogens is 346 g/mol. The summed E-state index contributed by atoms with van der Waals surface area (Å²) in [5.41, 5.74) is 1.78. The first-order valence-electron chi connectivity index (χ1n) is 7.91. The summed E-state index contributed by atoms with van der Waals surface area (Å²) in [7, 11) is -3.15. The summed E-state index contributed by atoms with van der Waals surface area (Å²) in [4.78, 5) is 4.39. The van der Waals surface area contributed by atoms with Crippen LogP contribution in [0.4, 0.5) is 0 Å². The lowest BCUT2D eigenvalue weighted by atomic mass is 10.2. The van der Waals surface area contributed by atoms with Gasteiger partial charge in [0.15, 0.2) is 9.84 Å². The van der Waals surface area contributed by atoms with Gasteiger partial charge in [-0.05, 0) is 31.4 Å². The Morgan fingerprint density at radius 1 is 1.33 bits per heavy atom. The number of hydrogen-bond donors (Lipinski definition) is 0. The van der Waals surface area contributed by atoms with Gasteiger partial charge < -0.3 is 9.47 Å². The fraction of sp³-hybridized carbons (Fsp3) is 0.471. The van der Waals surface area contributed by atoms with Gasteiger partial charge in [0, 0.05) is 12.0 Å². The Kier molecular flexibility index (Phi) is 5.53. The van der Waals surface area contributed by atoms with Gasteiger partial charge in [0.25, 0.3) is 0 Å². The topological polar surface area (TPSA) is 65.5 Å². The molecule has 2 heterocycles. The molecule has 2 aromatic rings. The second-order valence-corrected chi connectivity index (χ2v) is 9.17. The third kappa shape index (κ3) is 5.03. The molecule has 1 aromatic carbocycles. The van der Waals surface area contributed by atoms with Gasteiger partial charge in [0.1, 0.15) is 17.4 Å². The molecule has 1 fully saturated rings. The van der Waals surface area contributed by atoms with E-state index in [0.29, 0.717) is 25.5 Å². The summed E-state index contributed by atoms with van der Waals surface area (Å²) in [5.74, 6) is 1.08. The summed E-state index contributed by atoms with van der Waals surface area (Å²) in [5, 5.41) is 2.58. The number of nitrogens with zero attached hydrogens (tertiary/aromatic N) is 1. The second-order valence-electron chi connectivity index (χ2n) is 6.12. The van der Waals surface area contributed by atoms with Gasteiger partial charge in [-0.25, -0.2) is 13.4 Å². The molecule has 1 aliphatic rings. The average molecular weight is 367 g/mol. The van der Waals surface area contributed by atoms with Crippen LogP contribution in [0.2, 0.25) is 0 Å². The molecule has 24 heavy (non-hydrogen) atoms. The van der Waals surface area contributed by atoms with Crippen molar-refractivity contribution in [3.8, 4) is 5.75 Å². The maximum absolute atomic E-state index is 12.3. The first-order valence-corrected chi connectivity index (χ1v) is 10.6. The van der Waals surface area contributed by atoms with Crippen molar-refractivity contribution in [1.29, 1.82) is 0 Å². The highest BCUT2D eigenvalue weighted by Gasteiger charge is 2.24. The Labute approximate surface area is 146 Å². The van der Waals surface area contributed by atoms with Crippen molar-refractivity contribution in [2.75, 3.05) is 19.0 Å². The fourth-order valence-corrected chi connectivity index (χ4v) is 5.13. The maximum atomic E-state index is 12.3. The lowest BCUT2D eigenvalue weighted by Gasteiger charge is -2.07. The van der Waals surface area contributed by atoms with Crippen molar-refractivity contribution in [3.05, 3.63) is 45.9 Å². The van der Waals surface area contributed by atoms with Crippen LogP contribution >= 0.6 is 11.3 Å². The minimum absolute atomic E-state index is 0.00939. The van der Waals surface area contributed by atoms with Crippen LogP contribution < -0.4 is 4.74 Å². The van der Waals surface area contributed by atoms with Crippen LogP contribution in [0.5, 0.6) is 5.75 Å². The molecule has 0 spiro atoms. The van der Waals surface area contributed by atoms with E-state index in [0.717, 1.165) is 17.2 Å². The molecule has 0 N–H and O–H groups in total. The van der Waals surface area contributed by atoms with E-state index in [4.69, 9.17) is 9.47 Å². The van der Waals surface area contributed by atoms with E-state index in [1.54, 1.807) is 5.38 Å². The van der Waals surface area contributed by atoms with Crippen molar-refractivity contribution in [1.82, 2.24) is 4.98 Å². The highest BCUT2D eigenvalue weighted by atomic mass is 32.2. The molecule has 0 bridgehead atoms. The van der Waals surface area contributed by atoms with Gasteiger partial charge in [-0.1, -0.05) is 17.7 Å². The Morgan fingerprint density at radius 2 is 2.12 bits per heavy atom. The van der Waals surface area contributed by atoms with Crippen molar-refractivity contribution < 1.29 is 17.9 Å². The first-order chi connectivity index (χ1) is 11.5. The number of aryl methyl sites for hydroxylation is 1. The monoisotopic (exact) mass is 367 g/mol. The SMILES string of the molecule is Cc1ccc(OCc2nc(CS(=O)(=O)CC3CCOC3)cs2)cc1. The summed E-state index contributed by atoms with van der Waals surface area (Å²) in [6, 6.07) is 7.81. The van der Waals surface area contributed by atoms with E-state index >= 15 is 0 Å². The minimum atomic E-state index is -3.15. The predicted octanol–water partition coefficient (Wildman–Crippen LogP) is 2.98. The molecule has 0 saturated carbocycles. The number of benzene rings is 1. The van der Waals surface area contributed by atoms with E-state index in [9.17, 15) is 8.42 Å². The Balaban J connectivity index is 1.53. The molecular formula is C17H21NO4S2. The fourth-order valence-electron chi connectivity index (χ4n) is 2.62. The third-order valence-electron chi connectivity index (χ3n) is 3.86. The van der Waals surface area contributed by atoms with Crippen LogP contribution in [0.25, 0.3) is 0 Å². The molecule has 3 rings (SSSR count). The molecule has 130 valence electrons. The number of sulfone groups is 1. The zero-order valence-corrected chi connectivity index (χ0v) is 15.2. The zero-order chi connectivity index (χ0) is 17.0. The molecule has 5 nitrogen and oxygen atoms in total. The van der Waals surface area contributed by atoms with Gasteiger partial charge in [-0.15, -0.1) is 11.3 Å². The molecule has 1 aromatic heterocycles. The second kappa shape index (κ2) is 7.63. The van der Waals surface area contributed by atoms with E-state index < -0.39 is 9.84 Å². The number of aromatic nitrogens is 1. The zero-order valence-electron chi connectivity index (χ0n) is 13.6. The van der Waals surface area contributed by atoms with Crippen molar-refractivity contribution in [2.45, 2.75) is 25.7 Å². The highest BCUT2D eigenvalue weighted by Crippen LogP contribution is 2.20. The van der Waals surface area contributed by atoms with Crippen LogP contribution in [-0.2, 0) is 26.9 Å². The Hall–Kier alpha value is -1.44. The van der Waals surface area contributed by atoms with Crippen molar-refractivity contribution in [3.63, 3.8) is 0 Å². The molecule has 1 aliphatic heterocycles. The number of ether oxygens (including phenoxy) is 2. The van der Waals surface area contributed by atoms with Crippen LogP contribution in [0.1, 0.15) is 22.7 Å². The van der Waals surface area contributed by atoms with Crippen LogP contribution in [0, 0.1) is 12.8 Å². The molecule has 1 atom stereocenters. The van der Waals surface area contributed by atoms with Crippen molar-refractivity contribution in [2.24, 2.45) is 5.92 Å². The predicted molar refractivity (Wildman–Crippen MR) is 94.0 cm³/mol. The quantitative estimate of drug-likeness (QED) is 0.753.